The van der Waals surface area contributed by atoms with Crippen LogP contribution in [0.4, 0.5) is 5.69 Å². The van der Waals surface area contributed by atoms with Gasteiger partial charge in [0.2, 0.25) is 0 Å². The molecule has 0 aromatic heterocycles. The largest absolute Gasteiger partial charge is 0.399 e. The highest BCUT2D eigenvalue weighted by Gasteiger charge is 2.46. The molecule has 0 saturated heterocycles. The van der Waals surface area contributed by atoms with E-state index in [4.69, 9.17) is 5.73 Å². The van der Waals surface area contributed by atoms with Crippen molar-refractivity contribution < 1.29 is 9.59 Å². The maximum absolute atomic E-state index is 12.4. The van der Waals surface area contributed by atoms with Crippen molar-refractivity contribution in [3.63, 3.8) is 0 Å². The van der Waals surface area contributed by atoms with E-state index in [-0.39, 0.29) is 17.4 Å². The Bertz CT molecular complexity index is 591. The predicted molar refractivity (Wildman–Crippen MR) is 76.5 cm³/mol. The van der Waals surface area contributed by atoms with Crippen LogP contribution in [0, 0.1) is 0 Å². The van der Waals surface area contributed by atoms with E-state index in [1.165, 1.54) is 4.90 Å². The molecule has 3 rings (SSSR count). The van der Waals surface area contributed by atoms with Gasteiger partial charge >= 0.3 is 0 Å². The minimum absolute atomic E-state index is 0.0566. The number of fused-ring (bicyclic) bond motifs is 1. The van der Waals surface area contributed by atoms with Gasteiger partial charge in [-0.25, -0.2) is 0 Å². The lowest BCUT2D eigenvalue weighted by Crippen LogP contribution is -2.58. The Morgan fingerprint density at radius 3 is 2.40 bits per heavy atom. The third-order valence-electron chi connectivity index (χ3n) is 4.68. The number of likely N-dealkylation sites (N-methyl/N-ethyl adjacent to an activating group) is 1. The topological polar surface area (TPSA) is 66.6 Å². The Morgan fingerprint density at radius 2 is 1.85 bits per heavy atom. The van der Waals surface area contributed by atoms with Crippen molar-refractivity contribution >= 4 is 17.5 Å². The summed E-state index contributed by atoms with van der Waals surface area (Å²) in [6, 6.07) is 4.91. The molecule has 0 spiro atoms. The minimum Gasteiger partial charge on any atom is -0.399 e. The van der Waals surface area contributed by atoms with Gasteiger partial charge < -0.3 is 10.6 Å². The molecule has 2 aliphatic rings. The third kappa shape index (κ3) is 1.73. The molecule has 1 fully saturated rings. The first-order valence-electron chi connectivity index (χ1n) is 6.88. The molecule has 5 heteroatoms. The minimum atomic E-state index is -0.217. The molecule has 1 heterocycles. The summed E-state index contributed by atoms with van der Waals surface area (Å²) in [6.07, 6.45) is 3.19. The highest BCUT2D eigenvalue weighted by molar-refractivity contribution is 6.21. The summed E-state index contributed by atoms with van der Waals surface area (Å²) in [5.41, 5.74) is 7.07. The lowest BCUT2D eigenvalue weighted by atomic mass is 9.75. The van der Waals surface area contributed by atoms with E-state index in [9.17, 15) is 9.59 Å². The second-order valence-corrected chi connectivity index (χ2v) is 5.97. The van der Waals surface area contributed by atoms with Crippen molar-refractivity contribution in [1.29, 1.82) is 0 Å². The third-order valence-corrected chi connectivity index (χ3v) is 4.68. The fourth-order valence-corrected chi connectivity index (χ4v) is 3.08. The number of amides is 2. The maximum Gasteiger partial charge on any atom is 0.261 e. The van der Waals surface area contributed by atoms with Gasteiger partial charge in [-0.2, -0.15) is 0 Å². The van der Waals surface area contributed by atoms with Gasteiger partial charge in [0.25, 0.3) is 11.8 Å². The number of carbonyl (C=O) groups is 2. The molecule has 1 saturated carbocycles. The van der Waals surface area contributed by atoms with Crippen LogP contribution in [-0.2, 0) is 0 Å². The van der Waals surface area contributed by atoms with Crippen LogP contribution in [0.15, 0.2) is 18.2 Å². The Labute approximate surface area is 118 Å². The molecule has 1 aromatic rings. The van der Waals surface area contributed by atoms with Gasteiger partial charge in [-0.05, 0) is 51.6 Å². The Balaban J connectivity index is 1.90. The first-order chi connectivity index (χ1) is 9.44. The number of carbonyl (C=O) groups excluding carboxylic acids is 2. The Morgan fingerprint density at radius 1 is 1.20 bits per heavy atom. The molecular formula is C15H19N3O2. The number of benzene rings is 1. The molecule has 0 atom stereocenters. The molecule has 0 radical (unpaired) electrons. The van der Waals surface area contributed by atoms with Gasteiger partial charge in [0, 0.05) is 17.8 Å². The second kappa shape index (κ2) is 4.31. The molecule has 5 nitrogen and oxygen atoms in total. The van der Waals surface area contributed by atoms with Gasteiger partial charge in [-0.1, -0.05) is 0 Å². The van der Waals surface area contributed by atoms with Crippen LogP contribution >= 0.6 is 0 Å². The van der Waals surface area contributed by atoms with Crippen molar-refractivity contribution in [1.82, 2.24) is 9.80 Å². The average Bonchev–Trinajstić information content (AvgIpc) is 2.57. The summed E-state index contributed by atoms with van der Waals surface area (Å²) in [4.78, 5) is 28.3. The van der Waals surface area contributed by atoms with E-state index >= 15 is 0 Å². The predicted octanol–water partition coefficient (Wildman–Crippen LogP) is 1.35. The molecular weight excluding hydrogens is 254 g/mol. The smallest absolute Gasteiger partial charge is 0.261 e. The molecule has 1 aliphatic heterocycles. The van der Waals surface area contributed by atoms with Crippen molar-refractivity contribution in [2.75, 3.05) is 26.4 Å². The summed E-state index contributed by atoms with van der Waals surface area (Å²) in [5, 5.41) is 0. The highest BCUT2D eigenvalue weighted by atomic mass is 16.2. The van der Waals surface area contributed by atoms with E-state index in [2.05, 4.69) is 4.90 Å². The summed E-state index contributed by atoms with van der Waals surface area (Å²) < 4.78 is 0. The van der Waals surface area contributed by atoms with Crippen molar-refractivity contribution in [2.24, 2.45) is 0 Å². The zero-order chi connectivity index (χ0) is 14.5. The summed E-state index contributed by atoms with van der Waals surface area (Å²) in [6.45, 7) is 0.465. The Kier molecular flexibility index (Phi) is 2.83. The maximum atomic E-state index is 12.4. The average molecular weight is 273 g/mol. The molecule has 1 aromatic carbocycles. The molecule has 2 N–H and O–H groups in total. The van der Waals surface area contributed by atoms with E-state index in [0.717, 1.165) is 19.3 Å². The van der Waals surface area contributed by atoms with Crippen molar-refractivity contribution in [2.45, 2.75) is 24.8 Å². The summed E-state index contributed by atoms with van der Waals surface area (Å²) >= 11 is 0. The van der Waals surface area contributed by atoms with Crippen LogP contribution in [0.3, 0.4) is 0 Å². The SMILES string of the molecule is CN(C)C1(CN2C(=O)c3ccc(N)cc3C2=O)CCC1. The number of nitrogens with zero attached hydrogens (tertiary/aromatic N) is 2. The molecule has 2 amide bonds. The zero-order valence-electron chi connectivity index (χ0n) is 11.8. The number of anilines is 1. The quantitative estimate of drug-likeness (QED) is 0.667. The first-order valence-corrected chi connectivity index (χ1v) is 6.88. The normalized spacial score (nSPS) is 20.2. The van der Waals surface area contributed by atoms with Gasteiger partial charge in [0.1, 0.15) is 0 Å². The zero-order valence-corrected chi connectivity index (χ0v) is 11.8. The van der Waals surface area contributed by atoms with Crippen LogP contribution in [-0.4, -0.2) is 47.8 Å². The second-order valence-electron chi connectivity index (χ2n) is 5.97. The van der Waals surface area contributed by atoms with E-state index in [0.29, 0.717) is 23.4 Å². The highest BCUT2D eigenvalue weighted by Crippen LogP contribution is 2.38. The summed E-state index contributed by atoms with van der Waals surface area (Å²) in [7, 11) is 4.02. The van der Waals surface area contributed by atoms with Crippen LogP contribution in [0.25, 0.3) is 0 Å². The van der Waals surface area contributed by atoms with E-state index in [1.807, 2.05) is 14.1 Å². The molecule has 0 bridgehead atoms. The lowest BCUT2D eigenvalue weighted by Gasteiger charge is -2.48. The van der Waals surface area contributed by atoms with Gasteiger partial charge in [0.05, 0.1) is 11.1 Å². The van der Waals surface area contributed by atoms with Crippen LogP contribution in [0.5, 0.6) is 0 Å². The van der Waals surface area contributed by atoms with Crippen LogP contribution in [0.1, 0.15) is 40.0 Å². The van der Waals surface area contributed by atoms with Gasteiger partial charge in [0.15, 0.2) is 0 Å². The number of nitrogen functional groups attached to an aromatic ring is 1. The van der Waals surface area contributed by atoms with Crippen LogP contribution < -0.4 is 5.73 Å². The number of imide groups is 1. The van der Waals surface area contributed by atoms with Crippen molar-refractivity contribution in [3.05, 3.63) is 29.3 Å². The van der Waals surface area contributed by atoms with E-state index < -0.39 is 0 Å². The molecule has 20 heavy (non-hydrogen) atoms. The summed E-state index contributed by atoms with van der Waals surface area (Å²) in [5.74, 6) is -0.413. The van der Waals surface area contributed by atoms with Gasteiger partial charge in [-0.15, -0.1) is 0 Å². The number of nitrogens with two attached hydrogens (primary N) is 1. The number of hydrogen-bond donors (Lipinski definition) is 1. The fraction of sp³-hybridized carbons (Fsp3) is 0.467. The van der Waals surface area contributed by atoms with E-state index in [1.54, 1.807) is 18.2 Å². The number of rotatable bonds is 3. The molecule has 0 unspecified atom stereocenters. The van der Waals surface area contributed by atoms with Gasteiger partial charge in [-0.3, -0.25) is 14.5 Å². The standard InChI is InChI=1S/C15H19N3O2/c1-17(2)15(6-3-7-15)9-18-13(19)11-5-4-10(16)8-12(11)14(18)20/h4-5,8H,3,6-7,9,16H2,1-2H3. The Hall–Kier alpha value is -1.88. The monoisotopic (exact) mass is 273 g/mol. The van der Waals surface area contributed by atoms with Crippen LogP contribution in [0.2, 0.25) is 0 Å². The molecule has 1 aliphatic carbocycles. The lowest BCUT2D eigenvalue weighted by molar-refractivity contribution is 0.0208. The molecule has 106 valence electrons. The fourth-order valence-electron chi connectivity index (χ4n) is 3.08. The first kappa shape index (κ1) is 13.1. The number of hydrogen-bond acceptors (Lipinski definition) is 4. The van der Waals surface area contributed by atoms with Crippen molar-refractivity contribution in [3.8, 4) is 0 Å².